The number of hydrogen-bond acceptors (Lipinski definition) is 5. The minimum absolute atomic E-state index is 0.0535. The fourth-order valence-corrected chi connectivity index (χ4v) is 2.87. The highest BCUT2D eigenvalue weighted by Crippen LogP contribution is 2.19. The molecule has 0 aliphatic carbocycles. The van der Waals surface area contributed by atoms with Gasteiger partial charge >= 0.3 is 0 Å². The third-order valence-corrected chi connectivity index (χ3v) is 4.51. The number of sulfonamides is 1. The molecule has 0 fully saturated rings. The first-order valence-electron chi connectivity index (χ1n) is 6.73. The van der Waals surface area contributed by atoms with Gasteiger partial charge in [-0.3, -0.25) is 4.79 Å². The number of halogens is 1. The molecule has 0 unspecified atom stereocenters. The van der Waals surface area contributed by atoms with Crippen molar-refractivity contribution in [1.82, 2.24) is 10.1 Å². The molecule has 2 aromatic rings. The van der Waals surface area contributed by atoms with Gasteiger partial charge in [-0.25, -0.2) is 18.6 Å². The predicted molar refractivity (Wildman–Crippen MR) is 90.5 cm³/mol. The lowest BCUT2D eigenvalue weighted by Gasteiger charge is -2.05. The summed E-state index contributed by atoms with van der Waals surface area (Å²) in [7, 11) is -3.77. The third kappa shape index (κ3) is 5.05. The Morgan fingerprint density at radius 2 is 1.92 bits per heavy atom. The number of nitrogens with one attached hydrogen (secondary N) is 2. The molecule has 0 saturated heterocycles. The van der Waals surface area contributed by atoms with Crippen molar-refractivity contribution in [3.05, 3.63) is 59.1 Å². The van der Waals surface area contributed by atoms with E-state index in [9.17, 15) is 18.3 Å². The molecule has 0 aromatic heterocycles. The van der Waals surface area contributed by atoms with Crippen molar-refractivity contribution in [3.8, 4) is 5.75 Å². The maximum absolute atomic E-state index is 11.9. The fourth-order valence-electron chi connectivity index (χ4n) is 1.69. The number of carbonyl (C=O) groups excluding carboxylic acids is 1. The number of hydrogen-bond donors (Lipinski definition) is 3. The second-order valence-corrected chi connectivity index (χ2v) is 6.84. The number of amides is 1. The average Bonchev–Trinajstić information content (AvgIpc) is 2.57. The predicted octanol–water partition coefficient (Wildman–Crippen LogP) is 1.47. The molecule has 0 bridgehead atoms. The van der Waals surface area contributed by atoms with E-state index < -0.39 is 22.5 Å². The lowest BCUT2D eigenvalue weighted by Crippen LogP contribution is -2.34. The smallest absolute Gasteiger partial charge is 0.255 e. The van der Waals surface area contributed by atoms with Gasteiger partial charge in [-0.2, -0.15) is 5.10 Å². The van der Waals surface area contributed by atoms with E-state index in [1.807, 2.05) is 0 Å². The zero-order chi connectivity index (χ0) is 17.6. The van der Waals surface area contributed by atoms with Crippen LogP contribution in [0.4, 0.5) is 0 Å². The first-order valence-corrected chi connectivity index (χ1v) is 8.60. The Morgan fingerprint density at radius 3 is 2.62 bits per heavy atom. The van der Waals surface area contributed by atoms with Crippen LogP contribution < -0.4 is 10.1 Å². The van der Waals surface area contributed by atoms with Crippen LogP contribution in [0.1, 0.15) is 5.56 Å². The topological polar surface area (TPSA) is 108 Å². The minimum atomic E-state index is -3.77. The van der Waals surface area contributed by atoms with Gasteiger partial charge < -0.3 is 5.11 Å². The Hall–Kier alpha value is -2.42. The van der Waals surface area contributed by atoms with Gasteiger partial charge in [0.05, 0.1) is 17.7 Å². The Bertz CT molecular complexity index is 854. The number of benzene rings is 2. The molecule has 0 heterocycles. The molecular formula is C15H14ClN3O4S. The quantitative estimate of drug-likeness (QED) is 0.530. The average molecular weight is 368 g/mol. The van der Waals surface area contributed by atoms with Crippen molar-refractivity contribution in [1.29, 1.82) is 0 Å². The van der Waals surface area contributed by atoms with Gasteiger partial charge in [0.2, 0.25) is 10.0 Å². The summed E-state index contributed by atoms with van der Waals surface area (Å²) in [5.41, 5.74) is 2.46. The van der Waals surface area contributed by atoms with E-state index in [1.54, 1.807) is 18.2 Å². The van der Waals surface area contributed by atoms with Crippen molar-refractivity contribution >= 4 is 33.7 Å². The van der Waals surface area contributed by atoms with Crippen LogP contribution in [0.5, 0.6) is 5.75 Å². The van der Waals surface area contributed by atoms with Gasteiger partial charge in [-0.15, -0.1) is 0 Å². The number of carbonyl (C=O) groups is 1. The first kappa shape index (κ1) is 17.9. The fraction of sp³-hybridized carbons (Fsp3) is 0.0667. The van der Waals surface area contributed by atoms with E-state index in [4.69, 9.17) is 11.6 Å². The molecule has 7 nitrogen and oxygen atoms in total. The van der Waals surface area contributed by atoms with Crippen LogP contribution in [0, 0.1) is 0 Å². The Labute approximate surface area is 144 Å². The second-order valence-electron chi connectivity index (χ2n) is 4.63. The molecule has 24 heavy (non-hydrogen) atoms. The van der Waals surface area contributed by atoms with E-state index in [0.29, 0.717) is 10.6 Å². The van der Waals surface area contributed by atoms with Gasteiger partial charge in [0.15, 0.2) is 0 Å². The zero-order valence-corrected chi connectivity index (χ0v) is 13.9. The summed E-state index contributed by atoms with van der Waals surface area (Å²) >= 11 is 5.78. The van der Waals surface area contributed by atoms with Gasteiger partial charge in [0.25, 0.3) is 5.91 Å². The summed E-state index contributed by atoms with van der Waals surface area (Å²) in [6.07, 6.45) is 1.20. The van der Waals surface area contributed by atoms with Gasteiger partial charge in [-0.05, 0) is 30.3 Å². The summed E-state index contributed by atoms with van der Waals surface area (Å²) in [5.74, 6) is -0.713. The molecule has 3 N–H and O–H groups in total. The van der Waals surface area contributed by atoms with Crippen LogP contribution in [0.15, 0.2) is 58.5 Å². The van der Waals surface area contributed by atoms with Crippen LogP contribution >= 0.6 is 11.6 Å². The molecule has 126 valence electrons. The largest absolute Gasteiger partial charge is 0.507 e. The Balaban J connectivity index is 1.90. The molecule has 0 saturated carbocycles. The number of phenols is 1. The highest BCUT2D eigenvalue weighted by atomic mass is 35.5. The normalized spacial score (nSPS) is 11.5. The van der Waals surface area contributed by atoms with Crippen molar-refractivity contribution in [2.45, 2.75) is 4.90 Å². The SMILES string of the molecule is O=C(CNS(=O)(=O)c1ccccc1)NN=Cc1cc(Cl)ccc1O. The van der Waals surface area contributed by atoms with Crippen LogP contribution in [0.2, 0.25) is 5.02 Å². The van der Waals surface area contributed by atoms with Crippen molar-refractivity contribution in [3.63, 3.8) is 0 Å². The number of hydrazone groups is 1. The molecule has 2 rings (SSSR count). The van der Waals surface area contributed by atoms with E-state index in [1.165, 1.54) is 36.5 Å². The molecule has 0 aliphatic heterocycles. The number of nitrogens with zero attached hydrogens (tertiary/aromatic N) is 1. The lowest BCUT2D eigenvalue weighted by atomic mass is 10.2. The van der Waals surface area contributed by atoms with Crippen molar-refractivity contribution < 1.29 is 18.3 Å². The monoisotopic (exact) mass is 367 g/mol. The maximum atomic E-state index is 11.9. The molecule has 2 aromatic carbocycles. The van der Waals surface area contributed by atoms with E-state index in [2.05, 4.69) is 15.2 Å². The van der Waals surface area contributed by atoms with Gasteiger partial charge in [0.1, 0.15) is 5.75 Å². The summed E-state index contributed by atoms with van der Waals surface area (Å²) in [6, 6.07) is 12.0. The van der Waals surface area contributed by atoms with Crippen LogP contribution in [-0.2, 0) is 14.8 Å². The van der Waals surface area contributed by atoms with Crippen molar-refractivity contribution in [2.24, 2.45) is 5.10 Å². The molecule has 0 aliphatic rings. The highest BCUT2D eigenvalue weighted by Gasteiger charge is 2.14. The molecule has 0 radical (unpaired) electrons. The molecule has 9 heteroatoms. The standard InChI is InChI=1S/C15H14ClN3O4S/c16-12-6-7-14(20)11(8-12)9-17-19-15(21)10-18-24(22,23)13-4-2-1-3-5-13/h1-9,18,20H,10H2,(H,19,21). The zero-order valence-electron chi connectivity index (χ0n) is 12.3. The number of phenolic OH excluding ortho intramolecular Hbond substituents is 1. The Kier molecular flexibility index (Phi) is 5.91. The van der Waals surface area contributed by atoms with Crippen LogP contribution in [0.25, 0.3) is 0 Å². The van der Waals surface area contributed by atoms with E-state index in [0.717, 1.165) is 0 Å². The maximum Gasteiger partial charge on any atom is 0.255 e. The Morgan fingerprint density at radius 1 is 1.21 bits per heavy atom. The number of rotatable bonds is 6. The molecule has 0 spiro atoms. The third-order valence-electron chi connectivity index (χ3n) is 2.86. The molecular weight excluding hydrogens is 354 g/mol. The highest BCUT2D eigenvalue weighted by molar-refractivity contribution is 7.89. The molecule has 0 atom stereocenters. The first-order chi connectivity index (χ1) is 11.4. The van der Waals surface area contributed by atoms with Crippen LogP contribution in [-0.4, -0.2) is 32.2 Å². The van der Waals surface area contributed by atoms with Crippen molar-refractivity contribution in [2.75, 3.05) is 6.54 Å². The molecule has 1 amide bonds. The minimum Gasteiger partial charge on any atom is -0.507 e. The summed E-state index contributed by atoms with van der Waals surface area (Å²) in [5, 5.41) is 13.6. The van der Waals surface area contributed by atoms with E-state index >= 15 is 0 Å². The van der Waals surface area contributed by atoms with Gasteiger partial charge in [-0.1, -0.05) is 29.8 Å². The summed E-state index contributed by atoms with van der Waals surface area (Å²) in [6.45, 7) is -0.476. The van der Waals surface area contributed by atoms with Gasteiger partial charge in [0, 0.05) is 10.6 Å². The van der Waals surface area contributed by atoms with Crippen LogP contribution in [0.3, 0.4) is 0 Å². The van der Waals surface area contributed by atoms with E-state index in [-0.39, 0.29) is 10.6 Å². The lowest BCUT2D eigenvalue weighted by molar-refractivity contribution is -0.119. The summed E-state index contributed by atoms with van der Waals surface area (Å²) < 4.78 is 26.0. The number of aromatic hydroxyl groups is 1. The second kappa shape index (κ2) is 7.91. The summed E-state index contributed by atoms with van der Waals surface area (Å²) in [4.78, 5) is 11.7.